The molecule has 0 bridgehead atoms. The van der Waals surface area contributed by atoms with E-state index in [4.69, 9.17) is 5.73 Å². The van der Waals surface area contributed by atoms with E-state index in [-0.39, 0.29) is 48.3 Å². The summed E-state index contributed by atoms with van der Waals surface area (Å²) in [7, 11) is 1.79. The van der Waals surface area contributed by atoms with Crippen molar-refractivity contribution in [2.45, 2.75) is 45.0 Å². The number of benzene rings is 2. The number of thiophene rings is 1. The maximum absolute atomic E-state index is 15.0. The van der Waals surface area contributed by atoms with Crippen LogP contribution in [0.5, 0.6) is 0 Å². The molecule has 8 nitrogen and oxygen atoms in total. The number of nitrogens with zero attached hydrogens (tertiary/aromatic N) is 5. The predicted octanol–water partition coefficient (Wildman–Crippen LogP) is 5.30. The van der Waals surface area contributed by atoms with Crippen molar-refractivity contribution in [1.29, 1.82) is 0 Å². The third kappa shape index (κ3) is 6.69. The number of aromatic nitrogens is 4. The number of halogens is 3. The van der Waals surface area contributed by atoms with Crippen molar-refractivity contribution in [3.05, 3.63) is 93.1 Å². The van der Waals surface area contributed by atoms with Crippen LogP contribution in [-0.2, 0) is 26.7 Å². The van der Waals surface area contributed by atoms with Gasteiger partial charge in [0.05, 0.1) is 24.2 Å². The number of hydrogen-bond donors (Lipinski definition) is 2. The average molecular weight is 646 g/mol. The van der Waals surface area contributed by atoms with Crippen LogP contribution in [0.25, 0.3) is 32.7 Å². The lowest BCUT2D eigenvalue weighted by Crippen LogP contribution is -2.47. The maximum Gasteiger partial charge on any atom is 0.281 e. The van der Waals surface area contributed by atoms with E-state index in [1.807, 2.05) is 55.5 Å². The Morgan fingerprint density at radius 1 is 1.02 bits per heavy atom. The molecule has 228 valence electrons. The molecule has 2 aromatic carbocycles. The van der Waals surface area contributed by atoms with Crippen LogP contribution >= 0.6 is 36.2 Å². The van der Waals surface area contributed by atoms with Gasteiger partial charge in [-0.3, -0.25) is 18.9 Å². The van der Waals surface area contributed by atoms with Crippen LogP contribution in [0.4, 0.5) is 4.39 Å². The number of aliphatic hydroxyl groups is 1. The maximum atomic E-state index is 15.0. The normalized spacial score (nSPS) is 14.8. The van der Waals surface area contributed by atoms with Gasteiger partial charge < -0.3 is 10.8 Å². The highest BCUT2D eigenvalue weighted by Gasteiger charge is 2.33. The van der Waals surface area contributed by atoms with E-state index in [0.717, 1.165) is 27.3 Å². The second-order valence-electron chi connectivity index (χ2n) is 11.0. The van der Waals surface area contributed by atoms with Crippen molar-refractivity contribution >= 4 is 47.2 Å². The molecule has 1 saturated heterocycles. The van der Waals surface area contributed by atoms with Gasteiger partial charge in [-0.05, 0) is 49.1 Å². The van der Waals surface area contributed by atoms with Crippen LogP contribution in [0.2, 0.25) is 0 Å². The van der Waals surface area contributed by atoms with Gasteiger partial charge in [-0.25, -0.2) is 9.37 Å². The minimum absolute atomic E-state index is 0. The largest absolute Gasteiger partial charge is 0.388 e. The topological polar surface area (TPSA) is 102 Å². The molecule has 3 N–H and O–H groups in total. The van der Waals surface area contributed by atoms with Crippen molar-refractivity contribution in [2.75, 3.05) is 13.1 Å². The predicted molar refractivity (Wildman–Crippen MR) is 175 cm³/mol. The molecule has 12 heteroatoms. The van der Waals surface area contributed by atoms with Gasteiger partial charge in [0.25, 0.3) is 5.56 Å². The van der Waals surface area contributed by atoms with E-state index in [1.54, 1.807) is 29.1 Å². The summed E-state index contributed by atoms with van der Waals surface area (Å²) >= 11 is 1.65. The fourth-order valence-corrected chi connectivity index (χ4v) is 6.46. The monoisotopic (exact) mass is 644 g/mol. The van der Waals surface area contributed by atoms with E-state index in [9.17, 15) is 14.3 Å². The Morgan fingerprint density at radius 2 is 1.72 bits per heavy atom. The molecule has 0 atom stereocenters. The van der Waals surface area contributed by atoms with Crippen molar-refractivity contribution in [3.63, 3.8) is 0 Å². The van der Waals surface area contributed by atoms with E-state index >= 15 is 0 Å². The molecule has 5 aromatic rings. The van der Waals surface area contributed by atoms with Gasteiger partial charge in [0.1, 0.15) is 11.3 Å². The number of nitrogens with two attached hydrogens (primary N) is 1. The second-order valence-corrected chi connectivity index (χ2v) is 12.3. The summed E-state index contributed by atoms with van der Waals surface area (Å²) in [4.78, 5) is 22.4. The zero-order valence-electron chi connectivity index (χ0n) is 24.0. The number of rotatable bonds is 7. The quantitative estimate of drug-likeness (QED) is 0.249. The van der Waals surface area contributed by atoms with Crippen molar-refractivity contribution in [2.24, 2.45) is 12.8 Å². The van der Waals surface area contributed by atoms with Gasteiger partial charge in [-0.2, -0.15) is 5.10 Å². The Balaban J connectivity index is 0.00000212. The van der Waals surface area contributed by atoms with Crippen LogP contribution in [0, 0.1) is 12.7 Å². The molecule has 1 aliphatic heterocycles. The summed E-state index contributed by atoms with van der Waals surface area (Å²) in [5.74, 6) is -0.217. The zero-order chi connectivity index (χ0) is 28.7. The molecule has 0 saturated carbocycles. The van der Waals surface area contributed by atoms with Gasteiger partial charge in [0, 0.05) is 54.1 Å². The lowest BCUT2D eigenvalue weighted by Gasteiger charge is -2.38. The highest BCUT2D eigenvalue weighted by atomic mass is 35.5. The van der Waals surface area contributed by atoms with Crippen LogP contribution in [0.15, 0.2) is 65.7 Å². The summed E-state index contributed by atoms with van der Waals surface area (Å²) in [6, 6.07) is 17.3. The summed E-state index contributed by atoms with van der Waals surface area (Å²) in [6.45, 7) is 4.29. The fourth-order valence-electron chi connectivity index (χ4n) is 5.59. The number of aryl methyl sites for hydroxylation is 2. The average Bonchev–Trinajstić information content (AvgIpc) is 3.55. The lowest BCUT2D eigenvalue weighted by atomic mass is 9.91. The molecule has 1 aliphatic rings. The first-order chi connectivity index (χ1) is 19.7. The lowest BCUT2D eigenvalue weighted by molar-refractivity contribution is -0.0366. The van der Waals surface area contributed by atoms with E-state index in [1.165, 1.54) is 15.8 Å². The van der Waals surface area contributed by atoms with Crippen LogP contribution in [0.1, 0.15) is 28.8 Å². The third-order valence-corrected chi connectivity index (χ3v) is 9.05. The Labute approximate surface area is 265 Å². The number of hydrogen-bond acceptors (Lipinski definition) is 7. The Morgan fingerprint density at radius 3 is 2.35 bits per heavy atom. The number of likely N-dealkylation sites (tertiary alicyclic amines) is 1. The molecule has 0 amide bonds. The molecule has 1 fully saturated rings. The van der Waals surface area contributed by atoms with Crippen LogP contribution in [0.3, 0.4) is 0 Å². The Kier molecular flexibility index (Phi) is 10.1. The first-order valence-electron chi connectivity index (χ1n) is 13.7. The van der Waals surface area contributed by atoms with Crippen molar-refractivity contribution < 1.29 is 9.50 Å². The highest BCUT2D eigenvalue weighted by molar-refractivity contribution is 7.15. The molecule has 0 spiro atoms. The first-order valence-corrected chi connectivity index (χ1v) is 14.6. The first kappa shape index (κ1) is 32.8. The van der Waals surface area contributed by atoms with Crippen LogP contribution < -0.4 is 11.3 Å². The summed E-state index contributed by atoms with van der Waals surface area (Å²) in [5, 5.41) is 15.9. The minimum atomic E-state index is -1.06. The summed E-state index contributed by atoms with van der Waals surface area (Å²) in [6.07, 6.45) is 2.43. The molecule has 0 radical (unpaired) electrons. The summed E-state index contributed by atoms with van der Waals surface area (Å²) < 4.78 is 18.1. The van der Waals surface area contributed by atoms with Gasteiger partial charge >= 0.3 is 0 Å². The molecule has 4 heterocycles. The number of piperidine rings is 1. The minimum Gasteiger partial charge on any atom is -0.388 e. The Hall–Kier alpha value is -3.12. The smallest absolute Gasteiger partial charge is 0.281 e. The van der Waals surface area contributed by atoms with E-state index < -0.39 is 5.60 Å². The van der Waals surface area contributed by atoms with E-state index in [2.05, 4.69) is 15.0 Å². The number of fused-ring (bicyclic) bond motifs is 1. The molecule has 3 aromatic heterocycles. The Bertz CT molecular complexity index is 1780. The standard InChI is InChI=1S/C31H33FN6O2S.2ClH/c1-20-3-10-26(41-20)23-8-9-24(25(32)15-23)17-37-13-11-31(40,12-14-37)18-38-19-34-27-28(30(38)39)35-36(2)29(27)22-6-4-21(16-33)5-7-22;;/h3-10,15,19,40H,11-14,16-18,33H2,1-2H3;2*1H. The van der Waals surface area contributed by atoms with E-state index in [0.29, 0.717) is 50.1 Å². The van der Waals surface area contributed by atoms with Gasteiger partial charge in [0.15, 0.2) is 5.52 Å². The van der Waals surface area contributed by atoms with Crippen molar-refractivity contribution in [3.8, 4) is 21.7 Å². The molecular weight excluding hydrogens is 610 g/mol. The fraction of sp³-hybridized carbons (Fsp3) is 0.323. The third-order valence-electron chi connectivity index (χ3n) is 8.00. The molecule has 0 unspecified atom stereocenters. The summed E-state index contributed by atoms with van der Waals surface area (Å²) in [5.41, 5.74) is 9.37. The van der Waals surface area contributed by atoms with Gasteiger partial charge in [-0.15, -0.1) is 36.2 Å². The van der Waals surface area contributed by atoms with Gasteiger partial charge in [0.2, 0.25) is 0 Å². The van der Waals surface area contributed by atoms with Crippen LogP contribution in [-0.4, -0.2) is 48.0 Å². The molecule has 43 heavy (non-hydrogen) atoms. The van der Waals surface area contributed by atoms with Gasteiger partial charge in [-0.1, -0.05) is 36.4 Å². The van der Waals surface area contributed by atoms with Crippen molar-refractivity contribution in [1.82, 2.24) is 24.2 Å². The molecule has 0 aliphatic carbocycles. The molecule has 6 rings (SSSR count). The molecular formula is C31H35Cl2FN6O2S. The SMILES string of the molecule is Cc1ccc(-c2ccc(CN3CCC(O)(Cn4cnc5c(-c6ccc(CN)cc6)n(C)nc5c4=O)CC3)c(F)c2)s1.Cl.Cl. The highest BCUT2D eigenvalue weighted by Crippen LogP contribution is 2.31. The second kappa shape index (κ2) is 13.3. The zero-order valence-corrected chi connectivity index (χ0v) is 26.4.